The van der Waals surface area contributed by atoms with Crippen LogP contribution in [0, 0.1) is 5.82 Å². The highest BCUT2D eigenvalue weighted by molar-refractivity contribution is 6.03. The van der Waals surface area contributed by atoms with Crippen LogP contribution in [-0.4, -0.2) is 47.6 Å². The predicted molar refractivity (Wildman–Crippen MR) is 96.3 cm³/mol. The molecule has 2 bridgehead atoms. The molecule has 4 heterocycles. The van der Waals surface area contributed by atoms with Gasteiger partial charge in [0.2, 0.25) is 0 Å². The molecule has 2 saturated heterocycles. The van der Waals surface area contributed by atoms with Gasteiger partial charge in [-0.2, -0.15) is 0 Å². The fourth-order valence-electron chi connectivity index (χ4n) is 4.92. The summed E-state index contributed by atoms with van der Waals surface area (Å²) >= 11 is 0. The first-order chi connectivity index (χ1) is 13.4. The van der Waals surface area contributed by atoms with Crippen molar-refractivity contribution in [1.82, 2.24) is 15.0 Å². The van der Waals surface area contributed by atoms with Gasteiger partial charge in [-0.1, -0.05) is 0 Å². The van der Waals surface area contributed by atoms with E-state index in [-0.39, 0.29) is 36.5 Å². The molecule has 1 aliphatic carbocycles. The molecule has 5 nitrogen and oxygen atoms in total. The van der Waals surface area contributed by atoms with Crippen LogP contribution in [0.15, 0.2) is 18.3 Å². The topological polar surface area (TPSA) is 54.8 Å². The van der Waals surface area contributed by atoms with Crippen LogP contribution in [0.4, 0.5) is 13.2 Å². The van der Waals surface area contributed by atoms with E-state index < -0.39 is 24.1 Å². The molecule has 28 heavy (non-hydrogen) atoms. The van der Waals surface area contributed by atoms with Crippen LogP contribution < -0.4 is 10.6 Å². The maximum atomic E-state index is 14.1. The molecule has 0 saturated carbocycles. The van der Waals surface area contributed by atoms with Gasteiger partial charge in [-0.3, -0.25) is 4.79 Å². The molecule has 150 valence electrons. The van der Waals surface area contributed by atoms with E-state index in [9.17, 15) is 18.0 Å². The summed E-state index contributed by atoms with van der Waals surface area (Å²) in [6.45, 7) is 1.20. The van der Waals surface area contributed by atoms with Crippen molar-refractivity contribution in [3.05, 3.63) is 41.0 Å². The molecule has 0 radical (unpaired) electrons. The van der Waals surface area contributed by atoms with Crippen LogP contribution in [0.25, 0.3) is 5.52 Å². The number of carbonyl (C=O) groups excluding carboxylic acids is 1. The molecule has 0 spiro atoms. The Labute approximate surface area is 160 Å². The molecule has 0 aromatic carbocycles. The summed E-state index contributed by atoms with van der Waals surface area (Å²) in [5.41, 5.74) is 1.57. The van der Waals surface area contributed by atoms with Crippen molar-refractivity contribution < 1.29 is 22.7 Å². The molecule has 5 rings (SSSR count). The molecule has 2 N–H and O–H groups in total. The van der Waals surface area contributed by atoms with Gasteiger partial charge in [-0.25, -0.2) is 13.2 Å². The molecule has 8 heteroatoms. The van der Waals surface area contributed by atoms with E-state index in [1.165, 1.54) is 18.3 Å². The Bertz CT molecular complexity index is 930. The number of hydrogen-bond donors (Lipinski definition) is 2. The number of aryl methyl sites for hydroxylation is 1. The largest absolute Gasteiger partial charge is 0.378 e. The minimum atomic E-state index is -2.85. The molecule has 2 aliphatic heterocycles. The number of halogens is 3. The molecule has 1 amide bonds. The molecule has 2 aromatic heterocycles. The van der Waals surface area contributed by atoms with Gasteiger partial charge in [0.05, 0.1) is 24.3 Å². The van der Waals surface area contributed by atoms with Gasteiger partial charge in [0.1, 0.15) is 5.82 Å². The number of rotatable bonds is 2. The van der Waals surface area contributed by atoms with Crippen molar-refractivity contribution in [2.75, 3.05) is 13.2 Å². The van der Waals surface area contributed by atoms with Crippen LogP contribution in [0.2, 0.25) is 0 Å². The van der Waals surface area contributed by atoms with Gasteiger partial charge >= 0.3 is 0 Å². The maximum Gasteiger partial charge on any atom is 0.253 e. The highest BCUT2D eigenvalue weighted by Crippen LogP contribution is 2.38. The lowest BCUT2D eigenvalue weighted by atomic mass is 9.90. The van der Waals surface area contributed by atoms with E-state index in [1.807, 2.05) is 0 Å². The number of piperidine rings is 1. The molecule has 2 atom stereocenters. The fourth-order valence-corrected chi connectivity index (χ4v) is 4.92. The lowest BCUT2D eigenvalue weighted by Crippen LogP contribution is -2.58. The van der Waals surface area contributed by atoms with E-state index in [4.69, 9.17) is 4.74 Å². The number of morpholine rings is 1. The summed E-state index contributed by atoms with van der Waals surface area (Å²) < 4.78 is 49.3. The Balaban J connectivity index is 1.51. The number of aromatic nitrogens is 1. The molecule has 2 unspecified atom stereocenters. The summed E-state index contributed by atoms with van der Waals surface area (Å²) in [6, 6.07) is 2.85. The van der Waals surface area contributed by atoms with E-state index >= 15 is 0 Å². The Kier molecular flexibility index (Phi) is 4.17. The average molecular weight is 393 g/mol. The molecule has 2 aromatic rings. The van der Waals surface area contributed by atoms with Crippen molar-refractivity contribution in [2.24, 2.45) is 0 Å². The monoisotopic (exact) mass is 393 g/mol. The third-order valence-corrected chi connectivity index (χ3v) is 6.09. The Morgan fingerprint density at radius 2 is 2.04 bits per heavy atom. The lowest BCUT2D eigenvalue weighted by Gasteiger charge is -2.40. The Morgan fingerprint density at radius 1 is 1.29 bits per heavy atom. The zero-order valence-corrected chi connectivity index (χ0v) is 15.3. The van der Waals surface area contributed by atoms with Crippen LogP contribution >= 0.6 is 0 Å². The number of hydrogen-bond acceptors (Lipinski definition) is 3. The van der Waals surface area contributed by atoms with E-state index in [0.717, 1.165) is 12.8 Å². The average Bonchev–Trinajstić information content (AvgIpc) is 2.92. The van der Waals surface area contributed by atoms with Crippen molar-refractivity contribution >= 4 is 11.4 Å². The number of nitrogens with one attached hydrogen (secondary N) is 2. The van der Waals surface area contributed by atoms with Crippen molar-refractivity contribution in [3.8, 4) is 0 Å². The first-order valence-corrected chi connectivity index (χ1v) is 9.73. The predicted octanol–water partition coefficient (Wildman–Crippen LogP) is 2.45. The third kappa shape index (κ3) is 3.08. The van der Waals surface area contributed by atoms with Gasteiger partial charge < -0.3 is 19.8 Å². The van der Waals surface area contributed by atoms with Crippen molar-refractivity contribution in [3.63, 3.8) is 0 Å². The molecular formula is C20H22F3N3O2. The smallest absolute Gasteiger partial charge is 0.253 e. The number of fused-ring (bicyclic) bond motifs is 5. The zero-order valence-electron chi connectivity index (χ0n) is 15.3. The number of nitrogens with zero attached hydrogens (tertiary/aromatic N) is 1. The van der Waals surface area contributed by atoms with Crippen LogP contribution in [-0.2, 0) is 17.6 Å². The Hall–Kier alpha value is -2.06. The molecule has 3 aliphatic rings. The van der Waals surface area contributed by atoms with Gasteiger partial charge in [-0.05, 0) is 37.0 Å². The number of ether oxygens (including phenoxy) is 1. The SMILES string of the molecule is O=C(NC1CC2COCC(C1)N2)c1c2c(n3ccc(F)cc13)CCC(F)(F)C2. The molecule has 2 fully saturated rings. The first-order valence-electron chi connectivity index (χ1n) is 9.73. The standard InChI is InChI=1S/C20H22F3N3O2/c21-11-2-4-26-16-1-3-20(22,23)8-15(16)18(17(26)5-11)19(27)25-12-6-13-9-28-10-14(7-12)24-13/h2,4-5,12-14,24H,1,3,6-10H2,(H,25,27). The quantitative estimate of drug-likeness (QED) is 0.824. The Morgan fingerprint density at radius 3 is 2.79 bits per heavy atom. The van der Waals surface area contributed by atoms with Crippen LogP contribution in [0.1, 0.15) is 40.9 Å². The third-order valence-electron chi connectivity index (χ3n) is 6.09. The zero-order chi connectivity index (χ0) is 19.5. The van der Waals surface area contributed by atoms with Crippen LogP contribution in [0.3, 0.4) is 0 Å². The van der Waals surface area contributed by atoms with Crippen LogP contribution in [0.5, 0.6) is 0 Å². The maximum absolute atomic E-state index is 14.1. The minimum Gasteiger partial charge on any atom is -0.378 e. The van der Waals surface area contributed by atoms with E-state index in [1.54, 1.807) is 4.40 Å². The second-order valence-corrected chi connectivity index (χ2v) is 8.17. The first kappa shape index (κ1) is 18.0. The summed E-state index contributed by atoms with van der Waals surface area (Å²) in [6.07, 6.45) is 2.39. The normalized spacial score (nSPS) is 28.8. The number of pyridine rings is 1. The van der Waals surface area contributed by atoms with Gasteiger partial charge in [0.15, 0.2) is 0 Å². The van der Waals surface area contributed by atoms with E-state index in [2.05, 4.69) is 10.6 Å². The van der Waals surface area contributed by atoms with Crippen molar-refractivity contribution in [1.29, 1.82) is 0 Å². The van der Waals surface area contributed by atoms with Gasteiger partial charge in [0, 0.05) is 42.9 Å². The minimum absolute atomic E-state index is 0.0593. The van der Waals surface area contributed by atoms with E-state index in [0.29, 0.717) is 30.0 Å². The summed E-state index contributed by atoms with van der Waals surface area (Å²) in [5.74, 6) is -3.74. The summed E-state index contributed by atoms with van der Waals surface area (Å²) in [7, 11) is 0. The lowest BCUT2D eigenvalue weighted by molar-refractivity contribution is -0.0127. The summed E-state index contributed by atoms with van der Waals surface area (Å²) in [5, 5.41) is 6.48. The highest BCUT2D eigenvalue weighted by Gasteiger charge is 2.40. The number of alkyl halides is 2. The van der Waals surface area contributed by atoms with Gasteiger partial charge in [0.25, 0.3) is 11.8 Å². The number of amides is 1. The highest BCUT2D eigenvalue weighted by atomic mass is 19.3. The number of carbonyl (C=O) groups is 1. The van der Waals surface area contributed by atoms with Crippen molar-refractivity contribution in [2.45, 2.75) is 56.2 Å². The fraction of sp³-hybridized carbons (Fsp3) is 0.550. The second kappa shape index (κ2) is 6.49. The molecular weight excluding hydrogens is 371 g/mol. The second-order valence-electron chi connectivity index (χ2n) is 8.17. The van der Waals surface area contributed by atoms with Gasteiger partial charge in [-0.15, -0.1) is 0 Å². The summed E-state index contributed by atoms with van der Waals surface area (Å²) in [4.78, 5) is 13.2.